The SMILES string of the molecule is O=S(=O)(c1cccc(Br)c1)N(Cc1ccco1)C1CC1. The van der Waals surface area contributed by atoms with E-state index in [9.17, 15) is 8.42 Å². The van der Waals surface area contributed by atoms with Crippen LogP contribution in [0, 0.1) is 0 Å². The lowest BCUT2D eigenvalue weighted by atomic mass is 10.4. The number of hydrogen-bond acceptors (Lipinski definition) is 3. The Kier molecular flexibility index (Phi) is 3.70. The van der Waals surface area contributed by atoms with Crippen LogP contribution in [0.2, 0.25) is 0 Å². The van der Waals surface area contributed by atoms with Crippen LogP contribution >= 0.6 is 15.9 Å². The molecule has 20 heavy (non-hydrogen) atoms. The third-order valence-electron chi connectivity index (χ3n) is 3.25. The van der Waals surface area contributed by atoms with Gasteiger partial charge in [-0.25, -0.2) is 8.42 Å². The highest BCUT2D eigenvalue weighted by Crippen LogP contribution is 2.34. The summed E-state index contributed by atoms with van der Waals surface area (Å²) in [5.74, 6) is 0.662. The molecule has 1 heterocycles. The molecule has 1 aromatic heterocycles. The molecule has 1 saturated carbocycles. The van der Waals surface area contributed by atoms with Crippen molar-refractivity contribution in [2.75, 3.05) is 0 Å². The van der Waals surface area contributed by atoms with Gasteiger partial charge in [-0.3, -0.25) is 0 Å². The first kappa shape index (κ1) is 13.9. The lowest BCUT2D eigenvalue weighted by Gasteiger charge is -2.21. The molecule has 1 fully saturated rings. The van der Waals surface area contributed by atoms with Gasteiger partial charge in [-0.05, 0) is 43.2 Å². The summed E-state index contributed by atoms with van der Waals surface area (Å²) in [7, 11) is -3.49. The molecular weight excluding hydrogens is 342 g/mol. The average molecular weight is 356 g/mol. The summed E-state index contributed by atoms with van der Waals surface area (Å²) in [6, 6.07) is 10.5. The summed E-state index contributed by atoms with van der Waals surface area (Å²) < 4.78 is 33.1. The van der Waals surface area contributed by atoms with Crippen LogP contribution in [0.3, 0.4) is 0 Å². The van der Waals surface area contributed by atoms with E-state index in [4.69, 9.17) is 4.42 Å². The molecule has 0 saturated heterocycles. The number of nitrogens with zero attached hydrogens (tertiary/aromatic N) is 1. The van der Waals surface area contributed by atoms with Crippen molar-refractivity contribution in [2.24, 2.45) is 0 Å². The minimum Gasteiger partial charge on any atom is -0.468 e. The summed E-state index contributed by atoms with van der Waals surface area (Å²) in [6.07, 6.45) is 3.38. The minimum atomic E-state index is -3.49. The molecule has 2 aromatic rings. The molecule has 0 aliphatic heterocycles. The molecular formula is C14H14BrNO3S. The average Bonchev–Trinajstić information content (AvgIpc) is 3.12. The van der Waals surface area contributed by atoms with Gasteiger partial charge < -0.3 is 4.42 Å². The smallest absolute Gasteiger partial charge is 0.243 e. The van der Waals surface area contributed by atoms with E-state index in [2.05, 4.69) is 15.9 Å². The van der Waals surface area contributed by atoms with Crippen molar-refractivity contribution in [3.05, 3.63) is 52.9 Å². The Balaban J connectivity index is 1.94. The molecule has 0 bridgehead atoms. The maximum absolute atomic E-state index is 12.8. The van der Waals surface area contributed by atoms with E-state index in [-0.39, 0.29) is 12.6 Å². The molecule has 0 radical (unpaired) electrons. The lowest BCUT2D eigenvalue weighted by Crippen LogP contribution is -2.32. The molecule has 0 N–H and O–H groups in total. The highest BCUT2D eigenvalue weighted by molar-refractivity contribution is 9.10. The first-order valence-corrected chi connectivity index (χ1v) is 8.60. The van der Waals surface area contributed by atoms with E-state index in [1.165, 1.54) is 4.31 Å². The largest absolute Gasteiger partial charge is 0.468 e. The number of halogens is 1. The fourth-order valence-corrected chi connectivity index (χ4v) is 4.34. The summed E-state index contributed by atoms with van der Waals surface area (Å²) >= 11 is 3.32. The van der Waals surface area contributed by atoms with Gasteiger partial charge in [0.15, 0.2) is 0 Å². The second kappa shape index (κ2) is 5.35. The van der Waals surface area contributed by atoms with Crippen molar-refractivity contribution in [1.82, 2.24) is 4.31 Å². The molecule has 6 heteroatoms. The van der Waals surface area contributed by atoms with Crippen LogP contribution in [0.5, 0.6) is 0 Å². The van der Waals surface area contributed by atoms with Gasteiger partial charge in [-0.15, -0.1) is 0 Å². The predicted molar refractivity (Wildman–Crippen MR) is 78.6 cm³/mol. The van der Waals surface area contributed by atoms with Crippen molar-refractivity contribution in [2.45, 2.75) is 30.3 Å². The molecule has 1 aliphatic rings. The van der Waals surface area contributed by atoms with E-state index in [0.29, 0.717) is 10.7 Å². The van der Waals surface area contributed by atoms with Gasteiger partial charge in [0.25, 0.3) is 0 Å². The number of rotatable bonds is 5. The number of furan rings is 1. The summed E-state index contributed by atoms with van der Waals surface area (Å²) in [5, 5.41) is 0. The summed E-state index contributed by atoms with van der Waals surface area (Å²) in [5.41, 5.74) is 0. The minimum absolute atomic E-state index is 0.0871. The topological polar surface area (TPSA) is 50.5 Å². The van der Waals surface area contributed by atoms with E-state index in [0.717, 1.165) is 17.3 Å². The van der Waals surface area contributed by atoms with Crippen LogP contribution in [-0.4, -0.2) is 18.8 Å². The molecule has 106 valence electrons. The normalized spacial score (nSPS) is 15.7. The van der Waals surface area contributed by atoms with Crippen molar-refractivity contribution in [1.29, 1.82) is 0 Å². The monoisotopic (exact) mass is 355 g/mol. The first-order valence-electron chi connectivity index (χ1n) is 6.37. The van der Waals surface area contributed by atoms with Crippen LogP contribution in [0.25, 0.3) is 0 Å². The van der Waals surface area contributed by atoms with Gasteiger partial charge in [-0.2, -0.15) is 4.31 Å². The Morgan fingerprint density at radius 1 is 1.25 bits per heavy atom. The first-order chi connectivity index (χ1) is 9.57. The second-order valence-electron chi connectivity index (χ2n) is 4.82. The zero-order valence-corrected chi connectivity index (χ0v) is 13.1. The second-order valence-corrected chi connectivity index (χ2v) is 7.62. The van der Waals surface area contributed by atoms with Crippen LogP contribution in [0.4, 0.5) is 0 Å². The van der Waals surface area contributed by atoms with Crippen LogP contribution in [0.15, 0.2) is 56.4 Å². The van der Waals surface area contributed by atoms with Crippen LogP contribution in [-0.2, 0) is 16.6 Å². The summed E-state index contributed by atoms with van der Waals surface area (Å²) in [6.45, 7) is 0.284. The van der Waals surface area contributed by atoms with E-state index in [1.807, 2.05) is 6.07 Å². The molecule has 0 atom stereocenters. The van der Waals surface area contributed by atoms with Crippen molar-refractivity contribution in [3.63, 3.8) is 0 Å². The Bertz CT molecular complexity index is 693. The van der Waals surface area contributed by atoms with Gasteiger partial charge in [-0.1, -0.05) is 22.0 Å². The molecule has 0 spiro atoms. The Morgan fingerprint density at radius 3 is 2.65 bits per heavy atom. The van der Waals surface area contributed by atoms with Crippen LogP contribution < -0.4 is 0 Å². The standard InChI is InChI=1S/C14H14BrNO3S/c15-11-3-1-5-14(9-11)20(17,18)16(12-6-7-12)10-13-4-2-8-19-13/h1-5,8-9,12H,6-7,10H2. The van der Waals surface area contributed by atoms with Gasteiger partial charge in [0.1, 0.15) is 5.76 Å². The Morgan fingerprint density at radius 2 is 2.05 bits per heavy atom. The van der Waals surface area contributed by atoms with Crippen molar-refractivity contribution < 1.29 is 12.8 Å². The number of sulfonamides is 1. The molecule has 1 aromatic carbocycles. The Labute approximate surface area is 126 Å². The molecule has 4 nitrogen and oxygen atoms in total. The molecule has 0 unspecified atom stereocenters. The number of benzene rings is 1. The van der Waals surface area contributed by atoms with Gasteiger partial charge >= 0.3 is 0 Å². The van der Waals surface area contributed by atoms with E-state index < -0.39 is 10.0 Å². The number of hydrogen-bond donors (Lipinski definition) is 0. The Hall–Kier alpha value is -1.11. The van der Waals surface area contributed by atoms with E-state index in [1.54, 1.807) is 36.6 Å². The molecule has 1 aliphatic carbocycles. The molecule has 3 rings (SSSR count). The fraction of sp³-hybridized carbons (Fsp3) is 0.286. The van der Waals surface area contributed by atoms with Gasteiger partial charge in [0, 0.05) is 10.5 Å². The maximum Gasteiger partial charge on any atom is 0.243 e. The maximum atomic E-state index is 12.8. The highest BCUT2D eigenvalue weighted by Gasteiger charge is 2.38. The highest BCUT2D eigenvalue weighted by atomic mass is 79.9. The van der Waals surface area contributed by atoms with Gasteiger partial charge in [0.05, 0.1) is 17.7 Å². The third-order valence-corrected chi connectivity index (χ3v) is 5.64. The third kappa shape index (κ3) is 2.82. The molecule has 0 amide bonds. The quantitative estimate of drug-likeness (QED) is 0.825. The zero-order chi connectivity index (χ0) is 14.2. The van der Waals surface area contributed by atoms with Crippen molar-refractivity contribution >= 4 is 26.0 Å². The van der Waals surface area contributed by atoms with Crippen molar-refractivity contribution in [3.8, 4) is 0 Å². The zero-order valence-electron chi connectivity index (χ0n) is 10.7. The van der Waals surface area contributed by atoms with Crippen LogP contribution in [0.1, 0.15) is 18.6 Å². The predicted octanol–water partition coefficient (Wildman–Crippen LogP) is 3.40. The fourth-order valence-electron chi connectivity index (χ4n) is 2.09. The summed E-state index contributed by atoms with van der Waals surface area (Å²) in [4.78, 5) is 0.310. The van der Waals surface area contributed by atoms with E-state index >= 15 is 0 Å². The lowest BCUT2D eigenvalue weighted by molar-refractivity contribution is 0.356. The van der Waals surface area contributed by atoms with Gasteiger partial charge in [0.2, 0.25) is 10.0 Å².